The van der Waals surface area contributed by atoms with Crippen LogP contribution < -0.4 is 15.4 Å². The zero-order valence-corrected chi connectivity index (χ0v) is 17.5. The van der Waals surface area contributed by atoms with Crippen LogP contribution >= 0.6 is 23.2 Å². The van der Waals surface area contributed by atoms with Gasteiger partial charge in [-0.1, -0.05) is 23.2 Å². The molecule has 0 saturated heterocycles. The first-order valence-electron chi connectivity index (χ1n) is 9.02. The summed E-state index contributed by atoms with van der Waals surface area (Å²) < 4.78 is 32.2. The molecule has 0 bridgehead atoms. The average Bonchev–Trinajstić information content (AvgIpc) is 3.17. The number of halogens is 4. The molecule has 1 aromatic heterocycles. The lowest BCUT2D eigenvalue weighted by molar-refractivity contribution is -0.113. The Bertz CT molecular complexity index is 1160. The number of ether oxygens (including phenoxy) is 1. The number of rotatable bonds is 5. The third-order valence-electron chi connectivity index (χ3n) is 4.62. The Morgan fingerprint density at radius 3 is 2.61 bits per heavy atom. The van der Waals surface area contributed by atoms with Crippen molar-refractivity contribution in [3.63, 3.8) is 0 Å². The molecule has 0 aliphatic carbocycles. The Kier molecular flexibility index (Phi) is 5.79. The van der Waals surface area contributed by atoms with Crippen molar-refractivity contribution in [2.24, 2.45) is 0 Å². The van der Waals surface area contributed by atoms with Crippen molar-refractivity contribution < 1.29 is 18.3 Å². The lowest BCUT2D eigenvalue weighted by Crippen LogP contribution is -2.32. The van der Waals surface area contributed by atoms with E-state index in [-0.39, 0.29) is 21.9 Å². The van der Waals surface area contributed by atoms with Gasteiger partial charge >= 0.3 is 6.61 Å². The maximum Gasteiger partial charge on any atom is 0.387 e. The Balaban J connectivity index is 1.81. The van der Waals surface area contributed by atoms with Gasteiger partial charge in [-0.05, 0) is 49.4 Å². The SMILES string of the molecule is CC1=C(C(=O)Nc2ccc(Cl)cc2)C(c2cc(Cl)ccc2OC(F)F)n2ncnc2N1. The van der Waals surface area contributed by atoms with Crippen molar-refractivity contribution in [3.8, 4) is 5.75 Å². The number of anilines is 2. The predicted molar refractivity (Wildman–Crippen MR) is 113 cm³/mol. The van der Waals surface area contributed by atoms with E-state index in [1.54, 1.807) is 31.2 Å². The molecule has 7 nitrogen and oxygen atoms in total. The molecule has 4 rings (SSSR count). The fourth-order valence-electron chi connectivity index (χ4n) is 3.34. The molecule has 1 aliphatic heterocycles. The van der Waals surface area contributed by atoms with Crippen molar-refractivity contribution in [2.45, 2.75) is 19.6 Å². The van der Waals surface area contributed by atoms with Gasteiger partial charge in [-0.3, -0.25) is 4.79 Å². The molecule has 2 N–H and O–H groups in total. The summed E-state index contributed by atoms with van der Waals surface area (Å²) in [6.07, 6.45) is 1.29. The Hall–Kier alpha value is -3.17. The number of hydrogen-bond acceptors (Lipinski definition) is 5. The molecule has 2 aromatic carbocycles. The highest BCUT2D eigenvalue weighted by Crippen LogP contribution is 2.40. The number of benzene rings is 2. The molecule has 160 valence electrons. The van der Waals surface area contributed by atoms with Gasteiger partial charge in [0.15, 0.2) is 0 Å². The number of aromatic nitrogens is 3. The van der Waals surface area contributed by atoms with Gasteiger partial charge in [0, 0.05) is 27.0 Å². The van der Waals surface area contributed by atoms with Crippen LogP contribution in [0.5, 0.6) is 5.75 Å². The first kappa shape index (κ1) is 21.1. The second kappa shape index (κ2) is 8.52. The summed E-state index contributed by atoms with van der Waals surface area (Å²) in [6.45, 7) is -1.38. The molecule has 1 aliphatic rings. The van der Waals surface area contributed by atoms with E-state index in [1.807, 2.05) is 0 Å². The molecule has 2 heterocycles. The molecular formula is C20H15Cl2F2N5O2. The summed E-state index contributed by atoms with van der Waals surface area (Å²) in [5, 5.41) is 10.8. The minimum Gasteiger partial charge on any atom is -0.434 e. The van der Waals surface area contributed by atoms with Gasteiger partial charge in [0.1, 0.15) is 18.1 Å². The van der Waals surface area contributed by atoms with E-state index in [2.05, 4.69) is 20.7 Å². The number of amides is 1. The molecule has 31 heavy (non-hydrogen) atoms. The topological polar surface area (TPSA) is 81.1 Å². The molecule has 3 aromatic rings. The van der Waals surface area contributed by atoms with Crippen molar-refractivity contribution in [1.29, 1.82) is 0 Å². The van der Waals surface area contributed by atoms with Crippen molar-refractivity contribution >= 4 is 40.7 Å². The van der Waals surface area contributed by atoms with Crippen molar-refractivity contribution in [1.82, 2.24) is 14.8 Å². The monoisotopic (exact) mass is 465 g/mol. The number of fused-ring (bicyclic) bond motifs is 1. The van der Waals surface area contributed by atoms with Crippen LogP contribution in [0.25, 0.3) is 0 Å². The Labute approximate surface area is 185 Å². The quantitative estimate of drug-likeness (QED) is 0.546. The van der Waals surface area contributed by atoms with Gasteiger partial charge in [0.05, 0.1) is 5.57 Å². The fourth-order valence-corrected chi connectivity index (χ4v) is 3.65. The maximum absolute atomic E-state index is 13.3. The number of alkyl halides is 2. The zero-order valence-electron chi connectivity index (χ0n) is 15.9. The highest BCUT2D eigenvalue weighted by atomic mass is 35.5. The van der Waals surface area contributed by atoms with Crippen LogP contribution in [0.15, 0.2) is 60.1 Å². The number of carbonyl (C=O) groups excluding carboxylic acids is 1. The minimum atomic E-state index is -3.06. The summed E-state index contributed by atoms with van der Waals surface area (Å²) in [6, 6.07) is 9.86. The largest absolute Gasteiger partial charge is 0.434 e. The van der Waals surface area contributed by atoms with E-state index in [4.69, 9.17) is 27.9 Å². The molecule has 0 radical (unpaired) electrons. The summed E-state index contributed by atoms with van der Waals surface area (Å²) in [5.74, 6) is -0.257. The second-order valence-corrected chi connectivity index (χ2v) is 7.49. The lowest BCUT2D eigenvalue weighted by Gasteiger charge is -2.29. The van der Waals surface area contributed by atoms with E-state index in [0.717, 1.165) is 0 Å². The fraction of sp³-hybridized carbons (Fsp3) is 0.150. The zero-order chi connectivity index (χ0) is 22.1. The van der Waals surface area contributed by atoms with Crippen LogP contribution in [0.2, 0.25) is 10.0 Å². The van der Waals surface area contributed by atoms with Crippen LogP contribution in [-0.4, -0.2) is 27.3 Å². The lowest BCUT2D eigenvalue weighted by atomic mass is 9.94. The molecule has 11 heteroatoms. The van der Waals surface area contributed by atoms with E-state index < -0.39 is 18.6 Å². The van der Waals surface area contributed by atoms with Crippen LogP contribution in [0, 0.1) is 0 Å². The number of carbonyl (C=O) groups is 1. The predicted octanol–water partition coefficient (Wildman–Crippen LogP) is 5.11. The minimum absolute atomic E-state index is 0.127. The van der Waals surface area contributed by atoms with Gasteiger partial charge in [-0.15, -0.1) is 0 Å². The van der Waals surface area contributed by atoms with E-state index >= 15 is 0 Å². The second-order valence-electron chi connectivity index (χ2n) is 6.62. The molecule has 0 spiro atoms. The first-order chi connectivity index (χ1) is 14.8. The Morgan fingerprint density at radius 2 is 1.90 bits per heavy atom. The maximum atomic E-state index is 13.3. The van der Waals surface area contributed by atoms with Gasteiger partial charge in [0.25, 0.3) is 5.91 Å². The van der Waals surface area contributed by atoms with Crippen LogP contribution in [0.4, 0.5) is 20.4 Å². The average molecular weight is 466 g/mol. The van der Waals surface area contributed by atoms with Crippen LogP contribution in [-0.2, 0) is 4.79 Å². The number of nitrogens with one attached hydrogen (secondary N) is 2. The Morgan fingerprint density at radius 1 is 1.19 bits per heavy atom. The highest BCUT2D eigenvalue weighted by Gasteiger charge is 2.35. The van der Waals surface area contributed by atoms with Gasteiger partial charge in [-0.25, -0.2) is 4.68 Å². The standard InChI is InChI=1S/C20H15Cl2F2N5O2/c1-10-16(18(30)28-13-5-2-11(21)3-6-13)17(29-20(27-10)25-9-26-29)14-8-12(22)4-7-15(14)31-19(23)24/h2-9,17,19H,1H3,(H,28,30)(H,25,26,27). The molecule has 1 amide bonds. The van der Waals surface area contributed by atoms with Gasteiger partial charge in [0.2, 0.25) is 5.95 Å². The molecule has 0 fully saturated rings. The smallest absolute Gasteiger partial charge is 0.387 e. The third-order valence-corrected chi connectivity index (χ3v) is 5.11. The number of allylic oxidation sites excluding steroid dienone is 1. The first-order valence-corrected chi connectivity index (χ1v) is 9.77. The molecule has 0 saturated carbocycles. The van der Waals surface area contributed by atoms with Crippen LogP contribution in [0.1, 0.15) is 18.5 Å². The number of nitrogens with zero attached hydrogens (tertiary/aromatic N) is 3. The van der Waals surface area contributed by atoms with E-state index in [9.17, 15) is 13.6 Å². The molecular weight excluding hydrogens is 451 g/mol. The van der Waals surface area contributed by atoms with Crippen LogP contribution in [0.3, 0.4) is 0 Å². The highest BCUT2D eigenvalue weighted by molar-refractivity contribution is 6.31. The third kappa shape index (κ3) is 4.33. The molecule has 1 atom stereocenters. The van der Waals surface area contributed by atoms with Crippen molar-refractivity contribution in [2.75, 3.05) is 10.6 Å². The summed E-state index contributed by atoms with van der Waals surface area (Å²) in [5.41, 5.74) is 1.45. The van der Waals surface area contributed by atoms with E-state index in [1.165, 1.54) is 29.2 Å². The number of hydrogen-bond donors (Lipinski definition) is 2. The van der Waals surface area contributed by atoms with Gasteiger partial charge in [-0.2, -0.15) is 18.9 Å². The van der Waals surface area contributed by atoms with Crippen molar-refractivity contribution in [3.05, 3.63) is 75.7 Å². The summed E-state index contributed by atoms with van der Waals surface area (Å²) in [7, 11) is 0. The summed E-state index contributed by atoms with van der Waals surface area (Å²) in [4.78, 5) is 17.4. The van der Waals surface area contributed by atoms with Gasteiger partial charge < -0.3 is 15.4 Å². The normalized spacial score (nSPS) is 15.5. The van der Waals surface area contributed by atoms with E-state index in [0.29, 0.717) is 22.4 Å². The summed E-state index contributed by atoms with van der Waals surface area (Å²) >= 11 is 12.1. The molecule has 1 unspecified atom stereocenters.